The topological polar surface area (TPSA) is 53.0 Å². The lowest BCUT2D eigenvalue weighted by Gasteiger charge is -1.95. The fourth-order valence-electron chi connectivity index (χ4n) is 0.317. The minimum Gasteiger partial charge on any atom is -0.767 e. The molecule has 9 heavy (non-hydrogen) atoms. The van der Waals surface area contributed by atoms with Crippen LogP contribution in [-0.2, 0) is 11.1 Å². The maximum Gasteiger partial charge on any atom is 0.128 e. The van der Waals surface area contributed by atoms with Crippen molar-refractivity contribution in [2.75, 3.05) is 0 Å². The highest BCUT2D eigenvalue weighted by atomic mass is 35.5. The normalized spacial score (nSPS) is 13.6. The zero-order valence-corrected chi connectivity index (χ0v) is 6.42. The first kappa shape index (κ1) is 7.14. The third-order valence-electron chi connectivity index (χ3n) is 0.631. The number of nitrogens with zero attached hydrogens (tertiary/aromatic N) is 1. The first-order chi connectivity index (χ1) is 4.20. The summed E-state index contributed by atoms with van der Waals surface area (Å²) in [6.45, 7) is 0. The third-order valence-corrected chi connectivity index (χ3v) is 2.19. The fourth-order valence-corrected chi connectivity index (χ4v) is 1.63. The van der Waals surface area contributed by atoms with Gasteiger partial charge in [0, 0.05) is 6.07 Å². The summed E-state index contributed by atoms with van der Waals surface area (Å²) in [5.74, 6) is 0. The van der Waals surface area contributed by atoms with E-state index in [0.29, 0.717) is 4.34 Å². The Balaban J connectivity index is 2.98. The molecule has 1 aromatic heterocycles. The van der Waals surface area contributed by atoms with Gasteiger partial charge in [0.15, 0.2) is 0 Å². The Morgan fingerprint density at radius 3 is 2.78 bits per heavy atom. The molecule has 3 nitrogen and oxygen atoms in total. The van der Waals surface area contributed by atoms with Crippen LogP contribution in [0.1, 0.15) is 0 Å². The maximum atomic E-state index is 10.1. The van der Waals surface area contributed by atoms with E-state index in [1.165, 1.54) is 6.07 Å². The molecule has 0 bridgehead atoms. The van der Waals surface area contributed by atoms with Crippen LogP contribution in [-0.4, -0.2) is 13.1 Å². The molecule has 50 valence electrons. The Morgan fingerprint density at radius 2 is 2.56 bits per heavy atom. The van der Waals surface area contributed by atoms with E-state index < -0.39 is 11.1 Å². The zero-order valence-electron chi connectivity index (χ0n) is 4.04. The van der Waals surface area contributed by atoms with E-state index in [9.17, 15) is 8.76 Å². The molecule has 0 N–H and O–H groups in total. The fraction of sp³-hybridized carbons (Fsp3) is 0. The molecule has 1 unspecified atom stereocenters. The van der Waals surface area contributed by atoms with E-state index in [2.05, 4.69) is 4.37 Å². The highest BCUT2D eigenvalue weighted by Crippen LogP contribution is 2.17. The lowest BCUT2D eigenvalue weighted by atomic mass is 10.8. The van der Waals surface area contributed by atoms with Crippen LogP contribution in [0.3, 0.4) is 0 Å². The molecule has 6 heteroatoms. The molecule has 1 rings (SSSR count). The second-order valence-corrected chi connectivity index (χ2v) is 3.53. The Labute approximate surface area is 63.1 Å². The molecule has 0 saturated carbocycles. The van der Waals surface area contributed by atoms with Gasteiger partial charge in [-0.25, -0.2) is 0 Å². The molecule has 1 heterocycles. The van der Waals surface area contributed by atoms with E-state index in [0.717, 1.165) is 11.5 Å². The van der Waals surface area contributed by atoms with Gasteiger partial charge in [0.05, 0.1) is 0 Å². The highest BCUT2D eigenvalue weighted by Gasteiger charge is 1.97. The van der Waals surface area contributed by atoms with Crippen molar-refractivity contribution in [2.45, 2.75) is 5.03 Å². The van der Waals surface area contributed by atoms with Crippen molar-refractivity contribution in [3.8, 4) is 0 Å². The van der Waals surface area contributed by atoms with Gasteiger partial charge in [-0.05, 0) is 22.6 Å². The number of hydrogen-bond donors (Lipinski definition) is 0. The summed E-state index contributed by atoms with van der Waals surface area (Å²) < 4.78 is 24.1. The number of hydrogen-bond acceptors (Lipinski definition) is 4. The van der Waals surface area contributed by atoms with E-state index >= 15 is 0 Å². The van der Waals surface area contributed by atoms with Crippen molar-refractivity contribution in [1.82, 2.24) is 4.37 Å². The molecule has 0 saturated heterocycles. The van der Waals surface area contributed by atoms with Gasteiger partial charge in [-0.15, -0.1) is 0 Å². The molecule has 0 spiro atoms. The van der Waals surface area contributed by atoms with E-state index in [1.54, 1.807) is 0 Å². The number of aromatic nitrogens is 1. The summed E-state index contributed by atoms with van der Waals surface area (Å²) in [6, 6.07) is 1.30. The molecule has 1 aromatic rings. The van der Waals surface area contributed by atoms with Crippen molar-refractivity contribution in [1.29, 1.82) is 0 Å². The third kappa shape index (κ3) is 1.72. The van der Waals surface area contributed by atoms with Crippen molar-refractivity contribution in [3.05, 3.63) is 10.4 Å². The van der Waals surface area contributed by atoms with Crippen LogP contribution in [0.2, 0.25) is 4.34 Å². The summed E-state index contributed by atoms with van der Waals surface area (Å²) in [5, 5.41) is 0.00463. The van der Waals surface area contributed by atoms with E-state index in [4.69, 9.17) is 11.6 Å². The van der Waals surface area contributed by atoms with Crippen molar-refractivity contribution in [2.24, 2.45) is 0 Å². The maximum absolute atomic E-state index is 10.1. The molecule has 0 fully saturated rings. The van der Waals surface area contributed by atoms with Crippen LogP contribution in [0.15, 0.2) is 11.1 Å². The molecule has 0 aliphatic carbocycles. The van der Waals surface area contributed by atoms with E-state index in [1.807, 2.05) is 0 Å². The molecule has 0 aliphatic heterocycles. The van der Waals surface area contributed by atoms with Crippen LogP contribution in [0.25, 0.3) is 0 Å². The lowest BCUT2D eigenvalue weighted by molar-refractivity contribution is 0.534. The van der Waals surface area contributed by atoms with Crippen LogP contribution >= 0.6 is 23.1 Å². The van der Waals surface area contributed by atoms with Gasteiger partial charge in [-0.1, -0.05) is 11.6 Å². The smallest absolute Gasteiger partial charge is 0.128 e. The van der Waals surface area contributed by atoms with Gasteiger partial charge in [0.25, 0.3) is 0 Å². The summed E-state index contributed by atoms with van der Waals surface area (Å²) in [6.07, 6.45) is 0. The summed E-state index contributed by atoms with van der Waals surface area (Å²) in [4.78, 5) is 0. The first-order valence-electron chi connectivity index (χ1n) is 1.91. The Kier molecular flexibility index (Phi) is 2.18. The van der Waals surface area contributed by atoms with Gasteiger partial charge in [-0.2, -0.15) is 4.37 Å². The average Bonchev–Trinajstić information content (AvgIpc) is 2.14. The molecule has 0 aromatic carbocycles. The summed E-state index contributed by atoms with van der Waals surface area (Å²) in [5.41, 5.74) is 0. The van der Waals surface area contributed by atoms with Gasteiger partial charge in [0.1, 0.15) is 9.36 Å². The van der Waals surface area contributed by atoms with Crippen LogP contribution < -0.4 is 0 Å². The Hall–Kier alpha value is 0.0300. The highest BCUT2D eigenvalue weighted by molar-refractivity contribution is 7.79. The Bertz CT molecular complexity index is 235. The molecule has 0 amide bonds. The number of rotatable bonds is 1. The molecular weight excluding hydrogens is 182 g/mol. The molecular formula is C3HClNO2S2-. The molecule has 0 aliphatic rings. The second-order valence-electron chi connectivity index (χ2n) is 1.20. The lowest BCUT2D eigenvalue weighted by Crippen LogP contribution is -1.85. The van der Waals surface area contributed by atoms with Crippen molar-refractivity contribution in [3.63, 3.8) is 0 Å². The minimum atomic E-state index is -2.24. The quantitative estimate of drug-likeness (QED) is 0.610. The summed E-state index contributed by atoms with van der Waals surface area (Å²) in [7, 11) is 0. The van der Waals surface area contributed by atoms with Crippen molar-refractivity contribution < 1.29 is 8.76 Å². The van der Waals surface area contributed by atoms with Crippen LogP contribution in [0, 0.1) is 0 Å². The first-order valence-corrected chi connectivity index (χ1v) is 4.14. The van der Waals surface area contributed by atoms with Gasteiger partial charge in [-0.3, -0.25) is 4.21 Å². The molecule has 0 radical (unpaired) electrons. The second kappa shape index (κ2) is 2.74. The summed E-state index contributed by atoms with van der Waals surface area (Å²) >= 11 is 4.10. The van der Waals surface area contributed by atoms with Crippen LogP contribution in [0.4, 0.5) is 0 Å². The van der Waals surface area contributed by atoms with Gasteiger partial charge >= 0.3 is 0 Å². The minimum absolute atomic E-state index is 0.00463. The predicted octanol–water partition coefficient (Wildman–Crippen LogP) is 1.03. The van der Waals surface area contributed by atoms with E-state index in [-0.39, 0.29) is 5.03 Å². The largest absolute Gasteiger partial charge is 0.767 e. The standard InChI is InChI=1S/C3H2ClNO2S2/c4-2-1-3(5-8-2)9(6)7/h1H,(H,6,7)/p-1. The van der Waals surface area contributed by atoms with Crippen molar-refractivity contribution >= 4 is 34.2 Å². The predicted molar refractivity (Wildman–Crippen MR) is 34.3 cm³/mol. The van der Waals surface area contributed by atoms with Gasteiger partial charge < -0.3 is 4.55 Å². The Morgan fingerprint density at radius 1 is 1.89 bits per heavy atom. The zero-order chi connectivity index (χ0) is 6.85. The average molecular weight is 183 g/mol. The monoisotopic (exact) mass is 182 g/mol. The molecule has 1 atom stereocenters. The van der Waals surface area contributed by atoms with Crippen LogP contribution in [0.5, 0.6) is 0 Å². The SMILES string of the molecule is O=S([O-])c1cc(Cl)sn1. The van der Waals surface area contributed by atoms with Gasteiger partial charge in [0.2, 0.25) is 0 Å². The number of halogens is 1.